The predicted octanol–water partition coefficient (Wildman–Crippen LogP) is -0.265. The van der Waals surface area contributed by atoms with E-state index in [1.165, 1.54) is 18.2 Å². The molecule has 0 aliphatic carbocycles. The molecule has 34 heavy (non-hydrogen) atoms. The number of nitrogens with one attached hydrogen (secondary N) is 2. The van der Waals surface area contributed by atoms with Gasteiger partial charge in [0.05, 0.1) is 26.6 Å². The summed E-state index contributed by atoms with van der Waals surface area (Å²) in [7, 11) is -8.66. The van der Waals surface area contributed by atoms with Gasteiger partial charge in [0.2, 0.25) is 16.0 Å². The van der Waals surface area contributed by atoms with Crippen molar-refractivity contribution >= 4 is 42.5 Å². The van der Waals surface area contributed by atoms with Crippen LogP contribution in [0.1, 0.15) is 5.56 Å². The summed E-state index contributed by atoms with van der Waals surface area (Å²) in [5.74, 6) is -0.245. The highest BCUT2D eigenvalue weighted by molar-refractivity contribution is 7.94. The summed E-state index contributed by atoms with van der Waals surface area (Å²) in [5, 5.41) is 15.5. The van der Waals surface area contributed by atoms with Gasteiger partial charge < -0.3 is 11.1 Å². The number of hydrogen-bond donors (Lipinski definition) is 4. The standard InChI is InChI=1S/C19H18N8O5S2/c20-19-25-15-11(2-1-3-12(15)18(28)26-19)10-4-5-13(33(29,30)9-6-22-7-9)16(34(21,31)32)14(10)17-23-8-24-27-17/h1-5,9,22H,6-8H2,(H2,21,31,32)(H3,20,25,26,28). The number of aliphatic imine (C=N–C) groups is 1. The first-order valence-corrected chi connectivity index (χ1v) is 13.0. The molecule has 0 unspecified atom stereocenters. The Bertz CT molecular complexity index is 1690. The lowest BCUT2D eigenvalue weighted by atomic mass is 9.96. The molecule has 0 radical (unpaired) electrons. The first kappa shape index (κ1) is 22.3. The third-order valence-corrected chi connectivity index (χ3v) is 8.90. The van der Waals surface area contributed by atoms with Crippen molar-refractivity contribution in [3.05, 3.63) is 46.2 Å². The first-order chi connectivity index (χ1) is 16.1. The van der Waals surface area contributed by atoms with E-state index in [9.17, 15) is 21.6 Å². The number of primary sulfonamides is 1. The third kappa shape index (κ3) is 3.49. The monoisotopic (exact) mass is 502 g/mol. The number of benzene rings is 2. The highest BCUT2D eigenvalue weighted by Gasteiger charge is 2.39. The zero-order valence-corrected chi connectivity index (χ0v) is 19.0. The van der Waals surface area contributed by atoms with Crippen LogP contribution in [0.3, 0.4) is 0 Å². The molecule has 13 nitrogen and oxygen atoms in total. The Kier molecular flexibility index (Phi) is 5.09. The lowest BCUT2D eigenvalue weighted by Crippen LogP contribution is -2.51. The van der Waals surface area contributed by atoms with Gasteiger partial charge in [0.15, 0.2) is 22.3 Å². The number of sulfone groups is 1. The molecule has 5 rings (SSSR count). The lowest BCUT2D eigenvalue weighted by Gasteiger charge is -2.28. The molecule has 176 valence electrons. The Hall–Kier alpha value is -3.53. The topological polar surface area (TPSA) is 215 Å². The summed E-state index contributed by atoms with van der Waals surface area (Å²) in [5.41, 5.74) is 5.82. The first-order valence-electron chi connectivity index (χ1n) is 9.94. The highest BCUT2D eigenvalue weighted by Crippen LogP contribution is 2.38. The number of aromatic amines is 1. The molecule has 0 atom stereocenters. The van der Waals surface area contributed by atoms with Crippen molar-refractivity contribution < 1.29 is 16.8 Å². The summed E-state index contributed by atoms with van der Waals surface area (Å²) >= 11 is 0. The van der Waals surface area contributed by atoms with E-state index in [1.54, 1.807) is 12.1 Å². The largest absolute Gasteiger partial charge is 0.369 e. The fourth-order valence-electron chi connectivity index (χ4n) is 3.93. The number of nitrogens with zero attached hydrogens (tertiary/aromatic N) is 4. The molecule has 1 aromatic heterocycles. The molecule has 2 aromatic carbocycles. The van der Waals surface area contributed by atoms with E-state index in [-0.39, 0.29) is 53.6 Å². The molecular formula is C19H18N8O5S2. The maximum absolute atomic E-state index is 13.3. The molecule has 15 heteroatoms. The number of nitrogen functional groups attached to an aromatic ring is 1. The minimum atomic E-state index is -4.60. The zero-order chi connectivity index (χ0) is 24.3. The average Bonchev–Trinajstić information content (AvgIpc) is 3.24. The number of sulfonamides is 1. The number of aromatic nitrogens is 2. The van der Waals surface area contributed by atoms with E-state index in [2.05, 4.69) is 30.5 Å². The Balaban J connectivity index is 1.93. The maximum atomic E-state index is 13.3. The number of hydrogen-bond acceptors (Lipinski definition) is 11. The van der Waals surface area contributed by atoms with Crippen LogP contribution >= 0.6 is 0 Å². The Labute approximate surface area is 193 Å². The number of nitrogens with two attached hydrogens (primary N) is 2. The number of azo groups is 1. The van der Waals surface area contributed by atoms with Crippen molar-refractivity contribution in [1.82, 2.24) is 15.3 Å². The van der Waals surface area contributed by atoms with Crippen molar-refractivity contribution in [2.75, 3.05) is 25.5 Å². The highest BCUT2D eigenvalue weighted by atomic mass is 32.2. The minimum Gasteiger partial charge on any atom is -0.369 e. The number of amidine groups is 1. The molecule has 1 fully saturated rings. The van der Waals surface area contributed by atoms with Crippen LogP contribution in [-0.2, 0) is 19.9 Å². The fraction of sp³-hybridized carbons (Fsp3) is 0.211. The van der Waals surface area contributed by atoms with Crippen LogP contribution in [-0.4, -0.2) is 57.6 Å². The normalized spacial score (nSPS) is 16.6. The molecular weight excluding hydrogens is 484 g/mol. The average molecular weight is 503 g/mol. The maximum Gasteiger partial charge on any atom is 0.260 e. The van der Waals surface area contributed by atoms with E-state index in [0.29, 0.717) is 5.56 Å². The molecule has 6 N–H and O–H groups in total. The summed E-state index contributed by atoms with van der Waals surface area (Å²) in [4.78, 5) is 22.1. The van der Waals surface area contributed by atoms with Gasteiger partial charge in [-0.3, -0.25) is 9.78 Å². The number of H-pyrrole nitrogens is 1. The quantitative estimate of drug-likeness (QED) is 0.363. The predicted molar refractivity (Wildman–Crippen MR) is 124 cm³/mol. The van der Waals surface area contributed by atoms with Crippen molar-refractivity contribution in [3.8, 4) is 11.1 Å². The Morgan fingerprint density at radius 1 is 1.03 bits per heavy atom. The van der Waals surface area contributed by atoms with Gasteiger partial charge in [0.1, 0.15) is 4.90 Å². The fourth-order valence-corrected chi connectivity index (χ4v) is 7.12. The molecule has 0 bridgehead atoms. The van der Waals surface area contributed by atoms with Gasteiger partial charge in [-0.25, -0.2) is 32.0 Å². The molecule has 1 saturated heterocycles. The lowest BCUT2D eigenvalue weighted by molar-refractivity contribution is 0.493. The van der Waals surface area contributed by atoms with Gasteiger partial charge >= 0.3 is 0 Å². The second kappa shape index (κ2) is 7.76. The SMILES string of the molecule is Nc1nc2c(-c3ccc(S(=O)(=O)C4CNC4)c(S(N)(=O)=O)c3C3=NCN=N3)cccc2c(=O)[nH]1. The van der Waals surface area contributed by atoms with E-state index in [0.717, 1.165) is 0 Å². The number of anilines is 1. The second-order valence-corrected chi connectivity index (χ2v) is 11.4. The van der Waals surface area contributed by atoms with Crippen LogP contribution in [0.2, 0.25) is 0 Å². The van der Waals surface area contributed by atoms with E-state index in [4.69, 9.17) is 10.9 Å². The van der Waals surface area contributed by atoms with Gasteiger partial charge in [-0.1, -0.05) is 18.2 Å². The van der Waals surface area contributed by atoms with Crippen molar-refractivity contribution in [3.63, 3.8) is 0 Å². The van der Waals surface area contributed by atoms with Gasteiger partial charge in [-0.2, -0.15) is 5.11 Å². The summed E-state index contributed by atoms with van der Waals surface area (Å²) in [6, 6.07) is 7.31. The Morgan fingerprint density at radius 3 is 2.41 bits per heavy atom. The van der Waals surface area contributed by atoms with Crippen LogP contribution < -0.4 is 21.7 Å². The van der Waals surface area contributed by atoms with Gasteiger partial charge in [-0.05, 0) is 17.7 Å². The molecule has 0 spiro atoms. The van der Waals surface area contributed by atoms with Crippen LogP contribution in [0.15, 0.2) is 60.1 Å². The van der Waals surface area contributed by atoms with E-state index >= 15 is 0 Å². The van der Waals surface area contributed by atoms with Gasteiger partial charge in [0, 0.05) is 18.7 Å². The van der Waals surface area contributed by atoms with E-state index in [1.807, 2.05) is 0 Å². The van der Waals surface area contributed by atoms with Gasteiger partial charge in [0.25, 0.3) is 5.56 Å². The smallest absolute Gasteiger partial charge is 0.260 e. The van der Waals surface area contributed by atoms with E-state index < -0.39 is 40.5 Å². The summed E-state index contributed by atoms with van der Waals surface area (Å²) in [6.45, 7) is 0.293. The number of rotatable bonds is 5. The van der Waals surface area contributed by atoms with Crippen LogP contribution in [0.25, 0.3) is 22.0 Å². The molecule has 2 aliphatic rings. The van der Waals surface area contributed by atoms with Crippen LogP contribution in [0, 0.1) is 0 Å². The van der Waals surface area contributed by atoms with Crippen molar-refractivity contribution in [1.29, 1.82) is 0 Å². The van der Waals surface area contributed by atoms with Crippen molar-refractivity contribution in [2.24, 2.45) is 20.4 Å². The minimum absolute atomic E-state index is 0.0667. The molecule has 0 amide bonds. The number of para-hydroxylation sites is 1. The van der Waals surface area contributed by atoms with Crippen molar-refractivity contribution in [2.45, 2.75) is 15.0 Å². The Morgan fingerprint density at radius 2 is 1.79 bits per heavy atom. The molecule has 3 aromatic rings. The summed E-state index contributed by atoms with van der Waals surface area (Å²) < 4.78 is 52.2. The number of fused-ring (bicyclic) bond motifs is 1. The summed E-state index contributed by atoms with van der Waals surface area (Å²) in [6.07, 6.45) is 0. The van der Waals surface area contributed by atoms with Gasteiger partial charge in [-0.15, -0.1) is 5.11 Å². The molecule has 0 saturated carbocycles. The van der Waals surface area contributed by atoms with Crippen LogP contribution in [0.5, 0.6) is 0 Å². The van der Waals surface area contributed by atoms with Crippen LogP contribution in [0.4, 0.5) is 5.95 Å². The zero-order valence-electron chi connectivity index (χ0n) is 17.4. The third-order valence-electron chi connectivity index (χ3n) is 5.61. The molecule has 3 heterocycles. The second-order valence-electron chi connectivity index (χ2n) is 7.70. The molecule has 2 aliphatic heterocycles.